The Hall–Kier alpha value is -2.62. The number of hydrogen-bond acceptors (Lipinski definition) is 5. The van der Waals surface area contributed by atoms with Crippen molar-refractivity contribution in [3.05, 3.63) is 29.3 Å². The number of rotatable bonds is 7. The van der Waals surface area contributed by atoms with Crippen LogP contribution >= 0.6 is 0 Å². The van der Waals surface area contributed by atoms with Gasteiger partial charge in [0.1, 0.15) is 6.04 Å². The summed E-state index contributed by atoms with van der Waals surface area (Å²) in [4.78, 5) is 31.9. The number of hydrogen-bond donors (Lipinski definition) is 4. The summed E-state index contributed by atoms with van der Waals surface area (Å²) in [7, 11) is 0. The number of benzene rings is 1. The number of carboxylic acids is 1. The van der Waals surface area contributed by atoms with Crippen LogP contribution in [0.15, 0.2) is 18.2 Å². The van der Waals surface area contributed by atoms with E-state index < -0.39 is 12.1 Å². The predicted octanol–water partition coefficient (Wildman–Crippen LogP) is 5.08. The molecule has 0 bridgehead atoms. The number of alkyl halides is 3. The molecule has 0 radical (unpaired) electrons. The zero-order valence-electron chi connectivity index (χ0n) is 22.3. The minimum atomic E-state index is -5.08. The SMILES string of the molecule is CCC1CCNCC1.CCc1cc(NC2CCC(=O)NC2=O)ccc1CC(C)CC.O=C(O)C(F)(F)F. The van der Waals surface area contributed by atoms with E-state index in [4.69, 9.17) is 9.90 Å². The molecule has 2 unspecified atom stereocenters. The molecule has 210 valence electrons. The van der Waals surface area contributed by atoms with Crippen LogP contribution in [0.2, 0.25) is 0 Å². The van der Waals surface area contributed by atoms with Gasteiger partial charge in [0.25, 0.3) is 0 Å². The van der Waals surface area contributed by atoms with E-state index >= 15 is 0 Å². The lowest BCUT2D eigenvalue weighted by Gasteiger charge is -2.23. The molecule has 2 atom stereocenters. The molecule has 2 saturated heterocycles. The molecule has 2 heterocycles. The highest BCUT2D eigenvalue weighted by Gasteiger charge is 2.38. The first kappa shape index (κ1) is 32.4. The molecule has 0 aliphatic carbocycles. The van der Waals surface area contributed by atoms with Gasteiger partial charge in [-0.2, -0.15) is 13.2 Å². The van der Waals surface area contributed by atoms with Crippen molar-refractivity contribution in [1.29, 1.82) is 0 Å². The Morgan fingerprint density at radius 1 is 1.11 bits per heavy atom. The van der Waals surface area contributed by atoms with Crippen LogP contribution < -0.4 is 16.0 Å². The standard InChI is InChI=1S/C18H26N2O2.C7H15N.C2HF3O2/c1-4-12(3)10-14-6-7-15(11-13(14)5-2)19-16-8-9-17(21)20-18(16)22;1-2-7-3-5-8-6-4-7;3-2(4,5)1(6)7/h6-7,11-12,16,19H,4-5,8-10H2,1-3H3,(H,20,21,22);7-8H,2-6H2,1H3;(H,6,7). The van der Waals surface area contributed by atoms with Crippen molar-refractivity contribution in [3.63, 3.8) is 0 Å². The Morgan fingerprint density at radius 3 is 2.19 bits per heavy atom. The number of carbonyl (C=O) groups is 3. The third kappa shape index (κ3) is 12.5. The van der Waals surface area contributed by atoms with Gasteiger partial charge >= 0.3 is 12.1 Å². The van der Waals surface area contributed by atoms with Gasteiger partial charge in [0.15, 0.2) is 0 Å². The van der Waals surface area contributed by atoms with Gasteiger partial charge in [0.05, 0.1) is 0 Å². The average Bonchev–Trinajstić information content (AvgIpc) is 2.87. The molecule has 2 aliphatic heterocycles. The average molecular weight is 530 g/mol. The minimum absolute atomic E-state index is 0.179. The van der Waals surface area contributed by atoms with Gasteiger partial charge in [0.2, 0.25) is 11.8 Å². The number of carboxylic acid groups (broad SMARTS) is 1. The molecule has 3 rings (SSSR count). The van der Waals surface area contributed by atoms with E-state index in [0.717, 1.165) is 24.4 Å². The Balaban J connectivity index is 0.000000372. The number of piperidine rings is 2. The van der Waals surface area contributed by atoms with E-state index in [1.807, 2.05) is 6.07 Å². The van der Waals surface area contributed by atoms with Gasteiger partial charge < -0.3 is 15.7 Å². The van der Waals surface area contributed by atoms with Gasteiger partial charge in [-0.1, -0.05) is 46.6 Å². The summed E-state index contributed by atoms with van der Waals surface area (Å²) in [6.45, 7) is 11.4. The third-order valence-corrected chi connectivity index (χ3v) is 6.71. The lowest BCUT2D eigenvalue weighted by molar-refractivity contribution is -0.192. The summed E-state index contributed by atoms with van der Waals surface area (Å²) in [5, 5.41) is 16.1. The van der Waals surface area contributed by atoms with E-state index in [2.05, 4.69) is 55.8 Å². The summed E-state index contributed by atoms with van der Waals surface area (Å²) < 4.78 is 31.7. The van der Waals surface area contributed by atoms with Crippen LogP contribution in [0.1, 0.15) is 77.3 Å². The van der Waals surface area contributed by atoms with Crippen molar-refractivity contribution in [1.82, 2.24) is 10.6 Å². The molecule has 0 saturated carbocycles. The Bertz CT molecular complexity index is 871. The monoisotopic (exact) mass is 529 g/mol. The molecule has 2 amide bonds. The minimum Gasteiger partial charge on any atom is -0.475 e. The molecular weight excluding hydrogens is 487 g/mol. The first-order valence-electron chi connectivity index (χ1n) is 13.1. The van der Waals surface area contributed by atoms with Crippen LogP contribution in [0.25, 0.3) is 0 Å². The highest BCUT2D eigenvalue weighted by atomic mass is 19.4. The molecule has 10 heteroatoms. The quantitative estimate of drug-likeness (QED) is 0.367. The van der Waals surface area contributed by atoms with Crippen LogP contribution in [0.5, 0.6) is 0 Å². The second kappa shape index (κ2) is 16.3. The Labute approximate surface area is 218 Å². The van der Waals surface area contributed by atoms with Gasteiger partial charge in [-0.3, -0.25) is 14.9 Å². The van der Waals surface area contributed by atoms with Crippen molar-refractivity contribution < 1.29 is 32.7 Å². The molecule has 0 aromatic heterocycles. The molecule has 7 nitrogen and oxygen atoms in total. The van der Waals surface area contributed by atoms with Crippen LogP contribution in [0.4, 0.5) is 18.9 Å². The number of aliphatic carboxylic acids is 1. The summed E-state index contributed by atoms with van der Waals surface area (Å²) in [6, 6.07) is 6.03. The lowest BCUT2D eigenvalue weighted by atomic mass is 9.93. The first-order valence-corrected chi connectivity index (χ1v) is 13.1. The number of amides is 2. The van der Waals surface area contributed by atoms with Crippen molar-refractivity contribution in [2.45, 2.75) is 91.3 Å². The van der Waals surface area contributed by atoms with E-state index in [1.165, 1.54) is 49.9 Å². The summed E-state index contributed by atoms with van der Waals surface area (Å²) in [5.41, 5.74) is 3.68. The van der Waals surface area contributed by atoms with Crippen LogP contribution in [-0.4, -0.2) is 48.2 Å². The fourth-order valence-corrected chi connectivity index (χ4v) is 4.09. The zero-order valence-corrected chi connectivity index (χ0v) is 22.3. The zero-order chi connectivity index (χ0) is 28.0. The third-order valence-electron chi connectivity index (χ3n) is 6.71. The second-order valence-corrected chi connectivity index (χ2v) is 9.61. The number of halogens is 3. The summed E-state index contributed by atoms with van der Waals surface area (Å²) >= 11 is 0. The largest absolute Gasteiger partial charge is 0.490 e. The van der Waals surface area contributed by atoms with Crippen LogP contribution in [-0.2, 0) is 27.2 Å². The molecule has 37 heavy (non-hydrogen) atoms. The maximum Gasteiger partial charge on any atom is 0.490 e. The smallest absolute Gasteiger partial charge is 0.475 e. The molecule has 1 aromatic carbocycles. The molecule has 0 spiro atoms. The second-order valence-electron chi connectivity index (χ2n) is 9.61. The van der Waals surface area contributed by atoms with Crippen molar-refractivity contribution in [2.75, 3.05) is 18.4 Å². The number of aryl methyl sites for hydroxylation is 1. The number of nitrogens with one attached hydrogen (secondary N) is 3. The molecule has 2 aliphatic rings. The summed E-state index contributed by atoms with van der Waals surface area (Å²) in [5.74, 6) is -1.46. The Kier molecular flexibility index (Phi) is 14.3. The van der Waals surface area contributed by atoms with Crippen molar-refractivity contribution in [2.24, 2.45) is 11.8 Å². The predicted molar refractivity (Wildman–Crippen MR) is 138 cm³/mol. The Morgan fingerprint density at radius 2 is 1.73 bits per heavy atom. The molecule has 2 fully saturated rings. The van der Waals surface area contributed by atoms with E-state index in [1.54, 1.807) is 0 Å². The first-order chi connectivity index (χ1) is 17.4. The fourth-order valence-electron chi connectivity index (χ4n) is 4.09. The highest BCUT2D eigenvalue weighted by Crippen LogP contribution is 2.22. The van der Waals surface area contributed by atoms with E-state index in [0.29, 0.717) is 18.8 Å². The highest BCUT2D eigenvalue weighted by molar-refractivity contribution is 6.01. The fraction of sp³-hybridized carbons (Fsp3) is 0.667. The van der Waals surface area contributed by atoms with Crippen LogP contribution in [0, 0.1) is 11.8 Å². The normalized spacial score (nSPS) is 18.9. The van der Waals surface area contributed by atoms with Gasteiger partial charge in [-0.15, -0.1) is 0 Å². The maximum atomic E-state index is 11.8. The molecular formula is C27H42F3N3O4. The number of anilines is 1. The van der Waals surface area contributed by atoms with Gasteiger partial charge in [-0.05, 0) is 80.3 Å². The van der Waals surface area contributed by atoms with E-state index in [-0.39, 0.29) is 17.9 Å². The maximum absolute atomic E-state index is 11.8. The van der Waals surface area contributed by atoms with Crippen molar-refractivity contribution >= 4 is 23.5 Å². The number of imide groups is 1. The summed E-state index contributed by atoms with van der Waals surface area (Å²) in [6.07, 6.45) is 3.31. The molecule has 4 N–H and O–H groups in total. The molecule has 1 aromatic rings. The van der Waals surface area contributed by atoms with Gasteiger partial charge in [-0.25, -0.2) is 4.79 Å². The topological polar surface area (TPSA) is 108 Å². The van der Waals surface area contributed by atoms with Crippen molar-refractivity contribution in [3.8, 4) is 0 Å². The van der Waals surface area contributed by atoms with E-state index in [9.17, 15) is 22.8 Å². The van der Waals surface area contributed by atoms with Gasteiger partial charge in [0, 0.05) is 12.1 Å². The van der Waals surface area contributed by atoms with Crippen LogP contribution in [0.3, 0.4) is 0 Å². The number of carbonyl (C=O) groups excluding carboxylic acids is 2. The lowest BCUT2D eigenvalue weighted by Crippen LogP contribution is -2.47.